The Balaban J connectivity index is 1.96. The van der Waals surface area contributed by atoms with Crippen LogP contribution in [0.4, 0.5) is 0 Å². The second-order valence-electron chi connectivity index (χ2n) is 2.57. The lowest BCUT2D eigenvalue weighted by Gasteiger charge is -2.04. The summed E-state index contributed by atoms with van der Waals surface area (Å²) in [5.74, 6) is 0.771. The summed E-state index contributed by atoms with van der Waals surface area (Å²) < 4.78 is 11.4. The smallest absolute Gasteiger partial charge is 0.151 e. The monoisotopic (exact) mass is 229 g/mol. The van der Waals surface area contributed by atoms with Crippen molar-refractivity contribution in [2.75, 3.05) is 13.2 Å². The van der Waals surface area contributed by atoms with Gasteiger partial charge in [0.2, 0.25) is 0 Å². The first-order valence-electron chi connectivity index (χ1n) is 3.70. The zero-order valence-corrected chi connectivity index (χ0v) is 7.95. The predicted molar refractivity (Wildman–Crippen MR) is 47.2 cm³/mol. The molecular weight excluding hydrogens is 222 g/mol. The standard InChI is InChI=1S/C8H8BrNO2/c9-7-1-2-10-3-8(7)12-5-6-4-11-6/h1-3,6H,4-5H2/t6-/m1/s1. The molecule has 1 fully saturated rings. The van der Waals surface area contributed by atoms with Gasteiger partial charge in [0.15, 0.2) is 5.75 Å². The molecule has 1 aromatic heterocycles. The van der Waals surface area contributed by atoms with Crippen LogP contribution in [0.1, 0.15) is 0 Å². The van der Waals surface area contributed by atoms with Gasteiger partial charge in [0.25, 0.3) is 0 Å². The molecule has 0 aromatic carbocycles. The number of halogens is 1. The second-order valence-corrected chi connectivity index (χ2v) is 3.43. The molecule has 1 atom stereocenters. The SMILES string of the molecule is Brc1ccncc1OC[C@H]1CO1. The van der Waals surface area contributed by atoms with Crippen LogP contribution in [-0.2, 0) is 4.74 Å². The Hall–Kier alpha value is -0.610. The highest BCUT2D eigenvalue weighted by molar-refractivity contribution is 9.10. The van der Waals surface area contributed by atoms with Crippen LogP contribution in [0.5, 0.6) is 5.75 Å². The van der Waals surface area contributed by atoms with Gasteiger partial charge < -0.3 is 9.47 Å². The average molecular weight is 230 g/mol. The predicted octanol–water partition coefficient (Wildman–Crippen LogP) is 1.62. The highest BCUT2D eigenvalue weighted by Crippen LogP contribution is 2.23. The van der Waals surface area contributed by atoms with Crippen LogP contribution in [-0.4, -0.2) is 24.3 Å². The van der Waals surface area contributed by atoms with Crippen molar-refractivity contribution in [1.82, 2.24) is 4.98 Å². The van der Waals surface area contributed by atoms with Gasteiger partial charge in [-0.1, -0.05) is 0 Å². The number of hydrogen-bond donors (Lipinski definition) is 0. The van der Waals surface area contributed by atoms with Crippen LogP contribution in [0.15, 0.2) is 22.9 Å². The molecule has 4 heteroatoms. The minimum atomic E-state index is 0.289. The lowest BCUT2D eigenvalue weighted by Crippen LogP contribution is -2.04. The van der Waals surface area contributed by atoms with Gasteiger partial charge >= 0.3 is 0 Å². The van der Waals surface area contributed by atoms with Crippen molar-refractivity contribution < 1.29 is 9.47 Å². The molecule has 1 aromatic rings. The van der Waals surface area contributed by atoms with E-state index in [9.17, 15) is 0 Å². The van der Waals surface area contributed by atoms with Crippen molar-refractivity contribution in [2.45, 2.75) is 6.10 Å². The highest BCUT2D eigenvalue weighted by atomic mass is 79.9. The van der Waals surface area contributed by atoms with Crippen molar-refractivity contribution in [2.24, 2.45) is 0 Å². The van der Waals surface area contributed by atoms with Crippen molar-refractivity contribution in [1.29, 1.82) is 0 Å². The topological polar surface area (TPSA) is 34.6 Å². The minimum Gasteiger partial charge on any atom is -0.488 e. The van der Waals surface area contributed by atoms with Crippen LogP contribution in [0.2, 0.25) is 0 Å². The van der Waals surface area contributed by atoms with Crippen LogP contribution >= 0.6 is 15.9 Å². The van der Waals surface area contributed by atoms with E-state index >= 15 is 0 Å². The van der Waals surface area contributed by atoms with Crippen LogP contribution in [0.3, 0.4) is 0 Å². The first-order chi connectivity index (χ1) is 5.86. The Morgan fingerprint density at radius 2 is 2.58 bits per heavy atom. The van der Waals surface area contributed by atoms with E-state index in [1.54, 1.807) is 12.4 Å². The van der Waals surface area contributed by atoms with Crippen molar-refractivity contribution in [3.63, 3.8) is 0 Å². The average Bonchev–Trinajstić information content (AvgIpc) is 2.86. The summed E-state index contributed by atoms with van der Waals surface area (Å²) in [5.41, 5.74) is 0. The molecular formula is C8H8BrNO2. The van der Waals surface area contributed by atoms with Crippen LogP contribution in [0.25, 0.3) is 0 Å². The van der Waals surface area contributed by atoms with E-state index in [0.29, 0.717) is 6.61 Å². The summed E-state index contributed by atoms with van der Waals surface area (Å²) in [5, 5.41) is 0. The Labute approximate surface area is 78.8 Å². The first kappa shape index (κ1) is 8.01. The minimum absolute atomic E-state index is 0.289. The molecule has 0 saturated carbocycles. The lowest BCUT2D eigenvalue weighted by atomic mass is 10.4. The van der Waals surface area contributed by atoms with E-state index in [4.69, 9.17) is 9.47 Å². The van der Waals surface area contributed by atoms with E-state index < -0.39 is 0 Å². The molecule has 1 saturated heterocycles. The number of aromatic nitrogens is 1. The fraction of sp³-hybridized carbons (Fsp3) is 0.375. The third-order valence-electron chi connectivity index (χ3n) is 1.56. The van der Waals surface area contributed by atoms with Crippen molar-refractivity contribution in [3.05, 3.63) is 22.9 Å². The van der Waals surface area contributed by atoms with Gasteiger partial charge in [0.05, 0.1) is 17.3 Å². The van der Waals surface area contributed by atoms with Crippen molar-refractivity contribution >= 4 is 15.9 Å². The van der Waals surface area contributed by atoms with Crippen LogP contribution in [0, 0.1) is 0 Å². The molecule has 1 aliphatic heterocycles. The van der Waals surface area contributed by atoms with Gasteiger partial charge in [0.1, 0.15) is 12.7 Å². The Morgan fingerprint density at radius 3 is 3.25 bits per heavy atom. The number of pyridine rings is 1. The van der Waals surface area contributed by atoms with Gasteiger partial charge in [-0.3, -0.25) is 4.98 Å². The van der Waals surface area contributed by atoms with Gasteiger partial charge in [0, 0.05) is 6.20 Å². The maximum absolute atomic E-state index is 5.43. The first-order valence-corrected chi connectivity index (χ1v) is 4.49. The largest absolute Gasteiger partial charge is 0.488 e. The number of epoxide rings is 1. The number of hydrogen-bond acceptors (Lipinski definition) is 3. The van der Waals surface area contributed by atoms with Crippen LogP contribution < -0.4 is 4.74 Å². The zero-order valence-electron chi connectivity index (χ0n) is 6.37. The van der Waals surface area contributed by atoms with Gasteiger partial charge in [-0.05, 0) is 22.0 Å². The highest BCUT2D eigenvalue weighted by Gasteiger charge is 2.23. The normalized spacial score (nSPS) is 20.6. The lowest BCUT2D eigenvalue weighted by molar-refractivity contribution is 0.261. The molecule has 2 heterocycles. The number of nitrogens with zero attached hydrogens (tertiary/aromatic N) is 1. The molecule has 0 radical (unpaired) electrons. The molecule has 0 unspecified atom stereocenters. The second kappa shape index (κ2) is 3.41. The molecule has 3 nitrogen and oxygen atoms in total. The summed E-state index contributed by atoms with van der Waals surface area (Å²) in [4.78, 5) is 3.95. The van der Waals surface area contributed by atoms with Crippen molar-refractivity contribution in [3.8, 4) is 5.75 Å². The summed E-state index contributed by atoms with van der Waals surface area (Å²) in [6.07, 6.45) is 3.69. The van der Waals surface area contributed by atoms with Gasteiger partial charge in [-0.2, -0.15) is 0 Å². The number of ether oxygens (including phenoxy) is 2. The molecule has 0 spiro atoms. The Morgan fingerprint density at radius 1 is 1.75 bits per heavy atom. The van der Waals surface area contributed by atoms with Gasteiger partial charge in [-0.25, -0.2) is 0 Å². The summed E-state index contributed by atoms with van der Waals surface area (Å²) in [6, 6.07) is 1.85. The zero-order chi connectivity index (χ0) is 8.39. The molecule has 64 valence electrons. The molecule has 0 bridgehead atoms. The number of rotatable bonds is 3. The third kappa shape index (κ3) is 1.95. The fourth-order valence-electron chi connectivity index (χ4n) is 0.816. The maximum Gasteiger partial charge on any atom is 0.151 e. The quantitative estimate of drug-likeness (QED) is 0.740. The molecule has 0 amide bonds. The maximum atomic E-state index is 5.43. The Bertz CT molecular complexity index is 276. The molecule has 0 N–H and O–H groups in total. The third-order valence-corrected chi connectivity index (χ3v) is 2.22. The summed E-state index contributed by atoms with van der Waals surface area (Å²) >= 11 is 3.36. The summed E-state index contributed by atoms with van der Waals surface area (Å²) in [6.45, 7) is 1.43. The fourth-order valence-corrected chi connectivity index (χ4v) is 1.15. The molecule has 1 aliphatic rings. The van der Waals surface area contributed by atoms with Gasteiger partial charge in [-0.15, -0.1) is 0 Å². The van der Waals surface area contributed by atoms with E-state index in [-0.39, 0.29) is 6.10 Å². The summed E-state index contributed by atoms with van der Waals surface area (Å²) in [7, 11) is 0. The molecule has 2 rings (SSSR count). The van der Waals surface area contributed by atoms with E-state index in [1.807, 2.05) is 6.07 Å². The molecule has 0 aliphatic carbocycles. The molecule has 12 heavy (non-hydrogen) atoms. The Kier molecular flexibility index (Phi) is 2.28. The van der Waals surface area contributed by atoms with E-state index in [1.165, 1.54) is 0 Å². The van der Waals surface area contributed by atoms with E-state index in [0.717, 1.165) is 16.8 Å². The van der Waals surface area contributed by atoms with E-state index in [2.05, 4.69) is 20.9 Å².